The summed E-state index contributed by atoms with van der Waals surface area (Å²) in [5.41, 5.74) is 1.76. The van der Waals surface area contributed by atoms with Gasteiger partial charge in [-0.05, 0) is 49.2 Å². The van der Waals surface area contributed by atoms with Gasteiger partial charge in [-0.1, -0.05) is 13.3 Å². The number of hydrogen-bond acceptors (Lipinski definition) is 4. The highest BCUT2D eigenvalue weighted by Gasteiger charge is 2.14. The van der Waals surface area contributed by atoms with Gasteiger partial charge in [0.15, 0.2) is 0 Å². The van der Waals surface area contributed by atoms with Gasteiger partial charge in [-0.25, -0.2) is 4.79 Å². The molecule has 0 radical (unpaired) electrons. The highest BCUT2D eigenvalue weighted by molar-refractivity contribution is 7.14. The second-order valence-corrected chi connectivity index (χ2v) is 5.72. The van der Waals surface area contributed by atoms with Gasteiger partial charge in [0.05, 0.1) is 11.6 Å². The topological polar surface area (TPSA) is 50.1 Å². The molecule has 1 heterocycles. The maximum atomic E-state index is 12.1. The molecule has 1 aromatic heterocycles. The van der Waals surface area contributed by atoms with Gasteiger partial charge >= 0.3 is 5.97 Å². The first kappa shape index (κ1) is 14.3. The van der Waals surface area contributed by atoms with Crippen molar-refractivity contribution in [2.24, 2.45) is 0 Å². The first-order valence-corrected chi connectivity index (χ1v) is 7.27. The maximum Gasteiger partial charge on any atom is 0.353 e. The lowest BCUT2D eigenvalue weighted by atomic mass is 10.1. The molecule has 0 atom stereocenters. The number of rotatable bonds is 4. The van der Waals surface area contributed by atoms with Gasteiger partial charge in [0.2, 0.25) is 0 Å². The third-order valence-corrected chi connectivity index (χ3v) is 4.01. The third-order valence-electron chi connectivity index (χ3n) is 2.94. The van der Waals surface area contributed by atoms with Crippen LogP contribution in [0, 0.1) is 18.3 Å². The van der Waals surface area contributed by atoms with E-state index in [0.717, 1.165) is 12.8 Å². The van der Waals surface area contributed by atoms with E-state index in [0.29, 0.717) is 16.2 Å². The molecule has 0 bridgehead atoms. The number of benzene rings is 1. The quantitative estimate of drug-likeness (QED) is 0.627. The lowest BCUT2D eigenvalue weighted by Gasteiger charge is -2.01. The average molecular weight is 285 g/mol. The zero-order valence-corrected chi connectivity index (χ0v) is 12.3. The van der Waals surface area contributed by atoms with Crippen LogP contribution >= 0.6 is 11.3 Å². The Labute approximate surface area is 122 Å². The van der Waals surface area contributed by atoms with E-state index in [-0.39, 0.29) is 5.97 Å². The van der Waals surface area contributed by atoms with Gasteiger partial charge in [0.1, 0.15) is 10.6 Å². The predicted octanol–water partition coefficient (Wildman–Crippen LogP) is 4.10. The zero-order chi connectivity index (χ0) is 14.5. The molecule has 1 aromatic carbocycles. The minimum absolute atomic E-state index is 0.342. The Morgan fingerprint density at radius 2 is 2.05 bits per heavy atom. The Kier molecular flexibility index (Phi) is 4.54. The van der Waals surface area contributed by atoms with E-state index in [4.69, 9.17) is 10.00 Å². The molecule has 102 valence electrons. The summed E-state index contributed by atoms with van der Waals surface area (Å²) in [5, 5.41) is 8.72. The summed E-state index contributed by atoms with van der Waals surface area (Å²) in [6.07, 6.45) is 2.04. The predicted molar refractivity (Wildman–Crippen MR) is 79.2 cm³/mol. The second-order valence-electron chi connectivity index (χ2n) is 4.47. The summed E-state index contributed by atoms with van der Waals surface area (Å²) in [6, 6.07) is 10.5. The van der Waals surface area contributed by atoms with Crippen LogP contribution in [0.3, 0.4) is 0 Å². The average Bonchev–Trinajstić information content (AvgIpc) is 2.82. The van der Waals surface area contributed by atoms with Gasteiger partial charge < -0.3 is 4.74 Å². The van der Waals surface area contributed by atoms with E-state index >= 15 is 0 Å². The minimum Gasteiger partial charge on any atom is -0.422 e. The fourth-order valence-electron chi connectivity index (χ4n) is 1.89. The van der Waals surface area contributed by atoms with E-state index in [1.807, 2.05) is 19.1 Å². The summed E-state index contributed by atoms with van der Waals surface area (Å²) >= 11 is 1.46. The van der Waals surface area contributed by atoms with Crippen LogP contribution in [0.5, 0.6) is 5.75 Å². The van der Waals surface area contributed by atoms with Crippen molar-refractivity contribution in [2.45, 2.75) is 26.7 Å². The molecular formula is C16H15NO2S. The molecule has 2 aromatic rings. The summed E-state index contributed by atoms with van der Waals surface area (Å²) < 4.78 is 5.31. The van der Waals surface area contributed by atoms with Crippen molar-refractivity contribution in [3.05, 3.63) is 51.2 Å². The number of hydrogen-bond donors (Lipinski definition) is 0. The standard InChI is InChI=1S/C16H15NO2S/c1-3-4-13-9-15(20-11(13)2)16(18)19-14-7-5-12(10-17)6-8-14/h5-9H,3-4H2,1-2H3. The van der Waals surface area contributed by atoms with E-state index in [1.54, 1.807) is 24.3 Å². The Morgan fingerprint density at radius 1 is 1.35 bits per heavy atom. The molecule has 0 aliphatic heterocycles. The van der Waals surface area contributed by atoms with Crippen molar-refractivity contribution in [2.75, 3.05) is 0 Å². The molecule has 2 rings (SSSR count). The first-order valence-electron chi connectivity index (χ1n) is 6.45. The number of ether oxygens (including phenoxy) is 1. The van der Waals surface area contributed by atoms with E-state index < -0.39 is 0 Å². The third kappa shape index (κ3) is 3.25. The highest BCUT2D eigenvalue weighted by atomic mass is 32.1. The Hall–Kier alpha value is -2.12. The van der Waals surface area contributed by atoms with E-state index in [2.05, 4.69) is 6.92 Å². The Morgan fingerprint density at radius 3 is 2.65 bits per heavy atom. The molecule has 0 saturated carbocycles. The van der Waals surface area contributed by atoms with Gasteiger partial charge in [0, 0.05) is 4.88 Å². The van der Waals surface area contributed by atoms with Crippen LogP contribution in [0.2, 0.25) is 0 Å². The van der Waals surface area contributed by atoms with Crippen molar-refractivity contribution < 1.29 is 9.53 Å². The lowest BCUT2D eigenvalue weighted by molar-refractivity contribution is 0.0740. The summed E-state index contributed by atoms with van der Waals surface area (Å²) in [6.45, 7) is 4.14. The zero-order valence-electron chi connectivity index (χ0n) is 11.5. The summed E-state index contributed by atoms with van der Waals surface area (Å²) in [7, 11) is 0. The van der Waals surface area contributed by atoms with Crippen molar-refractivity contribution in [3.63, 3.8) is 0 Å². The fourth-order valence-corrected chi connectivity index (χ4v) is 2.84. The molecule has 4 heteroatoms. The van der Waals surface area contributed by atoms with Crippen LogP contribution in [0.25, 0.3) is 0 Å². The normalized spacial score (nSPS) is 10.1. The first-order chi connectivity index (χ1) is 9.63. The molecule has 0 unspecified atom stereocenters. The molecule has 0 amide bonds. The van der Waals surface area contributed by atoms with Crippen LogP contribution in [0.4, 0.5) is 0 Å². The van der Waals surface area contributed by atoms with Crippen LogP contribution in [-0.4, -0.2) is 5.97 Å². The van der Waals surface area contributed by atoms with Gasteiger partial charge in [-0.15, -0.1) is 11.3 Å². The molecule has 20 heavy (non-hydrogen) atoms. The van der Waals surface area contributed by atoms with Crippen LogP contribution in [-0.2, 0) is 6.42 Å². The number of carbonyl (C=O) groups excluding carboxylic acids is 1. The highest BCUT2D eigenvalue weighted by Crippen LogP contribution is 2.24. The molecule has 0 fully saturated rings. The van der Waals surface area contributed by atoms with E-state index in [1.165, 1.54) is 21.8 Å². The largest absolute Gasteiger partial charge is 0.422 e. The van der Waals surface area contributed by atoms with Crippen molar-refractivity contribution in [1.29, 1.82) is 5.26 Å². The number of nitriles is 1. The number of aryl methyl sites for hydroxylation is 2. The van der Waals surface area contributed by atoms with Gasteiger partial charge in [-0.2, -0.15) is 5.26 Å². The number of carbonyl (C=O) groups is 1. The van der Waals surface area contributed by atoms with Crippen LogP contribution in [0.1, 0.15) is 39.0 Å². The second kappa shape index (κ2) is 6.36. The Balaban J connectivity index is 2.11. The van der Waals surface area contributed by atoms with Gasteiger partial charge in [-0.3, -0.25) is 0 Å². The van der Waals surface area contributed by atoms with Crippen LogP contribution in [0.15, 0.2) is 30.3 Å². The minimum atomic E-state index is -0.342. The summed E-state index contributed by atoms with van der Waals surface area (Å²) in [5.74, 6) is 0.113. The molecule has 0 N–H and O–H groups in total. The smallest absolute Gasteiger partial charge is 0.353 e. The van der Waals surface area contributed by atoms with Crippen LogP contribution < -0.4 is 4.74 Å². The van der Waals surface area contributed by atoms with Gasteiger partial charge in [0.25, 0.3) is 0 Å². The molecule has 0 spiro atoms. The molecule has 0 aliphatic carbocycles. The van der Waals surface area contributed by atoms with E-state index in [9.17, 15) is 4.79 Å². The van der Waals surface area contributed by atoms with Crippen molar-refractivity contribution in [3.8, 4) is 11.8 Å². The molecular weight excluding hydrogens is 270 g/mol. The number of thiophene rings is 1. The number of nitrogens with zero attached hydrogens (tertiary/aromatic N) is 1. The summed E-state index contributed by atoms with van der Waals surface area (Å²) in [4.78, 5) is 13.8. The maximum absolute atomic E-state index is 12.1. The lowest BCUT2D eigenvalue weighted by Crippen LogP contribution is -2.06. The molecule has 0 aliphatic rings. The Bertz CT molecular complexity index is 650. The monoisotopic (exact) mass is 285 g/mol. The SMILES string of the molecule is CCCc1cc(C(=O)Oc2ccc(C#N)cc2)sc1C. The number of esters is 1. The van der Waals surface area contributed by atoms with Crippen molar-refractivity contribution >= 4 is 17.3 Å². The fraction of sp³-hybridized carbons (Fsp3) is 0.250. The molecule has 0 saturated heterocycles. The van der Waals surface area contributed by atoms with Crippen molar-refractivity contribution in [1.82, 2.24) is 0 Å². The molecule has 3 nitrogen and oxygen atoms in total.